The first-order valence-corrected chi connectivity index (χ1v) is 7.82. The van der Waals surface area contributed by atoms with E-state index in [1.54, 1.807) is 0 Å². The molecule has 0 spiro atoms. The van der Waals surface area contributed by atoms with Crippen molar-refractivity contribution in [2.75, 3.05) is 6.26 Å². The highest BCUT2D eigenvalue weighted by Crippen LogP contribution is 2.47. The standard InChI is InChI=1S/C11H12BrNO3S/c1-17(15,16)13-11(14)10-6-9(10)7-3-2-4-8(12)5-7/h2-5,9-10H,6H2,1H3,(H,13,14)/t9-,10+/m0/s1. The smallest absolute Gasteiger partial charge is 0.237 e. The second kappa shape index (κ2) is 4.42. The van der Waals surface area contributed by atoms with E-state index >= 15 is 0 Å². The Bertz CT molecular complexity index is 556. The molecule has 0 saturated heterocycles. The lowest BCUT2D eigenvalue weighted by atomic mass is 10.1. The van der Waals surface area contributed by atoms with E-state index in [0.717, 1.165) is 16.3 Å². The predicted octanol–water partition coefficient (Wildman–Crippen LogP) is 1.63. The van der Waals surface area contributed by atoms with Gasteiger partial charge in [-0.05, 0) is 30.0 Å². The molecule has 1 aromatic carbocycles. The summed E-state index contributed by atoms with van der Waals surface area (Å²) < 4.78 is 24.8. The fourth-order valence-electron chi connectivity index (χ4n) is 1.85. The number of hydrogen-bond acceptors (Lipinski definition) is 3. The molecular formula is C11H12BrNO3S. The average molecular weight is 318 g/mol. The van der Waals surface area contributed by atoms with Gasteiger partial charge in [-0.25, -0.2) is 8.42 Å². The molecule has 1 aliphatic rings. The van der Waals surface area contributed by atoms with Crippen LogP contribution in [-0.2, 0) is 14.8 Å². The number of halogens is 1. The Balaban J connectivity index is 2.04. The minimum Gasteiger partial charge on any atom is -0.274 e. The van der Waals surface area contributed by atoms with E-state index in [0.29, 0.717) is 6.42 Å². The van der Waals surface area contributed by atoms with Crippen molar-refractivity contribution in [3.63, 3.8) is 0 Å². The summed E-state index contributed by atoms with van der Waals surface area (Å²) in [5, 5.41) is 0. The molecule has 17 heavy (non-hydrogen) atoms. The van der Waals surface area contributed by atoms with Crippen molar-refractivity contribution in [2.45, 2.75) is 12.3 Å². The van der Waals surface area contributed by atoms with Crippen LogP contribution in [0.3, 0.4) is 0 Å². The molecule has 1 aliphatic carbocycles. The quantitative estimate of drug-likeness (QED) is 0.921. The van der Waals surface area contributed by atoms with Crippen molar-refractivity contribution in [3.05, 3.63) is 34.3 Å². The number of hydrogen-bond donors (Lipinski definition) is 1. The zero-order valence-corrected chi connectivity index (χ0v) is 11.6. The summed E-state index contributed by atoms with van der Waals surface area (Å²) in [7, 11) is -3.45. The van der Waals surface area contributed by atoms with Gasteiger partial charge in [-0.15, -0.1) is 0 Å². The SMILES string of the molecule is CS(=O)(=O)NC(=O)[C@@H]1C[C@H]1c1cccc(Br)c1. The molecule has 1 saturated carbocycles. The molecule has 6 heteroatoms. The van der Waals surface area contributed by atoms with Crippen LogP contribution >= 0.6 is 15.9 Å². The van der Waals surface area contributed by atoms with E-state index in [2.05, 4.69) is 15.9 Å². The van der Waals surface area contributed by atoms with Crippen LogP contribution in [0.5, 0.6) is 0 Å². The number of nitrogens with one attached hydrogen (secondary N) is 1. The highest BCUT2D eigenvalue weighted by atomic mass is 79.9. The summed E-state index contributed by atoms with van der Waals surface area (Å²) >= 11 is 3.37. The van der Waals surface area contributed by atoms with Crippen molar-refractivity contribution in [1.29, 1.82) is 0 Å². The normalized spacial score (nSPS) is 23.2. The zero-order chi connectivity index (χ0) is 12.6. The van der Waals surface area contributed by atoms with Gasteiger partial charge in [0.15, 0.2) is 0 Å². The Hall–Kier alpha value is -0.880. The average Bonchev–Trinajstić information content (AvgIpc) is 2.94. The van der Waals surface area contributed by atoms with Gasteiger partial charge in [0, 0.05) is 10.4 Å². The topological polar surface area (TPSA) is 63.2 Å². The minimum atomic E-state index is -3.45. The predicted molar refractivity (Wildman–Crippen MR) is 68.0 cm³/mol. The molecule has 0 radical (unpaired) electrons. The molecule has 0 aliphatic heterocycles. The maximum Gasteiger partial charge on any atom is 0.237 e. The third-order valence-corrected chi connectivity index (χ3v) is 3.76. The van der Waals surface area contributed by atoms with Gasteiger partial charge in [0.05, 0.1) is 6.26 Å². The highest BCUT2D eigenvalue weighted by Gasteiger charge is 2.44. The number of carbonyl (C=O) groups is 1. The second-order valence-corrected chi connectivity index (χ2v) is 6.91. The fourth-order valence-corrected chi connectivity index (χ4v) is 2.78. The van der Waals surface area contributed by atoms with Crippen molar-refractivity contribution in [2.24, 2.45) is 5.92 Å². The van der Waals surface area contributed by atoms with Crippen LogP contribution in [0.4, 0.5) is 0 Å². The van der Waals surface area contributed by atoms with Crippen LogP contribution in [0.2, 0.25) is 0 Å². The zero-order valence-electron chi connectivity index (χ0n) is 9.18. The molecule has 0 bridgehead atoms. The molecule has 4 nitrogen and oxygen atoms in total. The van der Waals surface area contributed by atoms with E-state index in [9.17, 15) is 13.2 Å². The van der Waals surface area contributed by atoms with Crippen molar-refractivity contribution in [3.8, 4) is 0 Å². The second-order valence-electron chi connectivity index (χ2n) is 4.24. The Labute approximate surface area is 109 Å². The van der Waals surface area contributed by atoms with E-state index in [1.807, 2.05) is 29.0 Å². The van der Waals surface area contributed by atoms with Gasteiger partial charge in [-0.1, -0.05) is 28.1 Å². The lowest BCUT2D eigenvalue weighted by Crippen LogP contribution is -2.30. The third kappa shape index (κ3) is 3.29. The largest absolute Gasteiger partial charge is 0.274 e. The summed E-state index contributed by atoms with van der Waals surface area (Å²) in [6, 6.07) is 7.72. The van der Waals surface area contributed by atoms with Gasteiger partial charge >= 0.3 is 0 Å². The molecule has 0 aromatic heterocycles. The van der Waals surface area contributed by atoms with Crippen LogP contribution < -0.4 is 4.72 Å². The minimum absolute atomic E-state index is 0.134. The summed E-state index contributed by atoms with van der Waals surface area (Å²) in [4.78, 5) is 11.6. The van der Waals surface area contributed by atoms with Gasteiger partial charge < -0.3 is 0 Å². The molecule has 1 aromatic rings. The van der Waals surface area contributed by atoms with Crippen LogP contribution in [0.1, 0.15) is 17.9 Å². The lowest BCUT2D eigenvalue weighted by molar-refractivity contribution is -0.120. The van der Waals surface area contributed by atoms with Crippen LogP contribution in [0, 0.1) is 5.92 Å². The molecule has 2 atom stereocenters. The Morgan fingerprint density at radius 3 is 2.76 bits per heavy atom. The van der Waals surface area contributed by atoms with Gasteiger partial charge in [0.25, 0.3) is 0 Å². The molecular weight excluding hydrogens is 306 g/mol. The van der Waals surface area contributed by atoms with Crippen molar-refractivity contribution < 1.29 is 13.2 Å². The Morgan fingerprint density at radius 2 is 2.18 bits per heavy atom. The molecule has 2 rings (SSSR count). The Kier molecular flexibility index (Phi) is 3.27. The van der Waals surface area contributed by atoms with E-state index in [4.69, 9.17) is 0 Å². The molecule has 1 N–H and O–H groups in total. The number of benzene rings is 1. The lowest BCUT2D eigenvalue weighted by Gasteiger charge is -2.02. The van der Waals surface area contributed by atoms with Crippen molar-refractivity contribution in [1.82, 2.24) is 4.72 Å². The number of carbonyl (C=O) groups excluding carboxylic acids is 1. The van der Waals surface area contributed by atoms with Gasteiger partial charge in [-0.3, -0.25) is 9.52 Å². The first-order valence-electron chi connectivity index (χ1n) is 5.14. The van der Waals surface area contributed by atoms with Gasteiger partial charge in [-0.2, -0.15) is 0 Å². The fraction of sp³-hybridized carbons (Fsp3) is 0.364. The summed E-state index contributed by atoms with van der Waals surface area (Å²) in [6.45, 7) is 0. The summed E-state index contributed by atoms with van der Waals surface area (Å²) in [5.41, 5.74) is 1.06. The van der Waals surface area contributed by atoms with Gasteiger partial charge in [0.1, 0.15) is 0 Å². The number of sulfonamides is 1. The summed E-state index contributed by atoms with van der Waals surface area (Å²) in [6.07, 6.45) is 1.69. The van der Waals surface area contributed by atoms with E-state index in [1.165, 1.54) is 0 Å². The number of amides is 1. The van der Waals surface area contributed by atoms with E-state index < -0.39 is 15.9 Å². The maximum atomic E-state index is 11.6. The first kappa shape index (κ1) is 12.6. The maximum absolute atomic E-state index is 11.6. The summed E-state index contributed by atoms with van der Waals surface area (Å²) in [5.74, 6) is -0.495. The molecule has 1 amide bonds. The monoisotopic (exact) mass is 317 g/mol. The van der Waals surface area contributed by atoms with Crippen LogP contribution in [-0.4, -0.2) is 20.6 Å². The van der Waals surface area contributed by atoms with Crippen molar-refractivity contribution >= 4 is 31.9 Å². The van der Waals surface area contributed by atoms with Gasteiger partial charge in [0.2, 0.25) is 15.9 Å². The highest BCUT2D eigenvalue weighted by molar-refractivity contribution is 9.10. The third-order valence-electron chi connectivity index (χ3n) is 2.69. The van der Waals surface area contributed by atoms with Crippen LogP contribution in [0.15, 0.2) is 28.7 Å². The van der Waals surface area contributed by atoms with E-state index in [-0.39, 0.29) is 11.8 Å². The Morgan fingerprint density at radius 1 is 1.47 bits per heavy atom. The molecule has 0 heterocycles. The molecule has 0 unspecified atom stereocenters. The molecule has 1 fully saturated rings. The first-order chi connectivity index (χ1) is 7.87. The van der Waals surface area contributed by atoms with Crippen LogP contribution in [0.25, 0.3) is 0 Å². The molecule has 92 valence electrons. The number of rotatable bonds is 3.